The van der Waals surface area contributed by atoms with Crippen LogP contribution in [0.25, 0.3) is 0 Å². The number of hydrazine groups is 1. The van der Waals surface area contributed by atoms with E-state index in [1.807, 2.05) is 39.0 Å². The normalized spacial score (nSPS) is 10.4. The van der Waals surface area contributed by atoms with Gasteiger partial charge in [-0.1, -0.05) is 26.0 Å². The van der Waals surface area contributed by atoms with Gasteiger partial charge in [0.15, 0.2) is 12.4 Å². The molecular weight excluding hydrogens is 378 g/mol. The van der Waals surface area contributed by atoms with Gasteiger partial charge in [0.1, 0.15) is 5.75 Å². The van der Waals surface area contributed by atoms with Crippen LogP contribution in [0.5, 0.6) is 11.5 Å². The van der Waals surface area contributed by atoms with Crippen molar-refractivity contribution in [3.05, 3.63) is 63.2 Å². The molecule has 9 heteroatoms. The largest absolute Gasteiger partial charge is 0.490 e. The molecule has 0 spiro atoms. The number of methoxy groups -OCH3 is 1. The SMILES string of the molecule is COc1ccc(C(=O)NNC(=O)COc2cc(C)ccc2C(C)C)cc1[N+](=O)[O-]. The van der Waals surface area contributed by atoms with E-state index >= 15 is 0 Å². The third kappa shape index (κ3) is 5.68. The van der Waals surface area contributed by atoms with Gasteiger partial charge in [-0.2, -0.15) is 0 Å². The predicted octanol–water partition coefficient (Wildman–Crippen LogP) is 2.88. The standard InChI is InChI=1S/C20H23N3O6/c1-12(2)15-7-5-13(3)9-18(15)29-11-19(24)21-22-20(25)14-6-8-17(28-4)16(10-14)23(26)27/h5-10,12H,11H2,1-4H3,(H,21,24)(H,22,25). The molecule has 0 aliphatic rings. The average Bonchev–Trinajstić information content (AvgIpc) is 2.69. The van der Waals surface area contributed by atoms with Crippen LogP contribution < -0.4 is 20.3 Å². The summed E-state index contributed by atoms with van der Waals surface area (Å²) >= 11 is 0. The zero-order chi connectivity index (χ0) is 21.6. The lowest BCUT2D eigenvalue weighted by molar-refractivity contribution is -0.385. The van der Waals surface area contributed by atoms with E-state index in [1.54, 1.807) is 0 Å². The Morgan fingerprint density at radius 1 is 1.10 bits per heavy atom. The van der Waals surface area contributed by atoms with Crippen molar-refractivity contribution in [3.63, 3.8) is 0 Å². The first-order valence-electron chi connectivity index (χ1n) is 8.88. The average molecular weight is 401 g/mol. The van der Waals surface area contributed by atoms with Crippen molar-refractivity contribution in [1.82, 2.24) is 10.9 Å². The van der Waals surface area contributed by atoms with Gasteiger partial charge in [-0.15, -0.1) is 0 Å². The number of carbonyl (C=O) groups excluding carboxylic acids is 2. The second kappa shape index (κ2) is 9.54. The Bertz CT molecular complexity index is 926. The van der Waals surface area contributed by atoms with Crippen LogP contribution in [0, 0.1) is 17.0 Å². The number of hydrogen-bond donors (Lipinski definition) is 2. The summed E-state index contributed by atoms with van der Waals surface area (Å²) in [5.41, 5.74) is 6.05. The fraction of sp³-hybridized carbons (Fsp3) is 0.300. The minimum atomic E-state index is -0.706. The second-order valence-electron chi connectivity index (χ2n) is 6.63. The van der Waals surface area contributed by atoms with E-state index in [0.717, 1.165) is 17.2 Å². The van der Waals surface area contributed by atoms with Crippen molar-refractivity contribution >= 4 is 17.5 Å². The highest BCUT2D eigenvalue weighted by Gasteiger charge is 2.18. The summed E-state index contributed by atoms with van der Waals surface area (Å²) in [5, 5.41) is 11.0. The fourth-order valence-electron chi connectivity index (χ4n) is 2.60. The molecular formula is C20H23N3O6. The van der Waals surface area contributed by atoms with Crippen LogP contribution in [0.4, 0.5) is 5.69 Å². The predicted molar refractivity (Wildman–Crippen MR) is 106 cm³/mol. The maximum absolute atomic E-state index is 12.2. The molecule has 0 aromatic heterocycles. The molecule has 0 bridgehead atoms. The number of hydrogen-bond acceptors (Lipinski definition) is 6. The summed E-state index contributed by atoms with van der Waals surface area (Å²) < 4.78 is 10.5. The molecule has 0 saturated carbocycles. The summed E-state index contributed by atoms with van der Waals surface area (Å²) in [6.07, 6.45) is 0. The Kier molecular flexibility index (Phi) is 7.13. The number of nitro groups is 1. The third-order valence-electron chi connectivity index (χ3n) is 4.10. The van der Waals surface area contributed by atoms with E-state index in [-0.39, 0.29) is 29.5 Å². The molecule has 0 saturated heterocycles. The molecule has 2 amide bonds. The fourth-order valence-corrected chi connectivity index (χ4v) is 2.60. The number of benzene rings is 2. The van der Waals surface area contributed by atoms with Gasteiger partial charge >= 0.3 is 5.69 Å². The van der Waals surface area contributed by atoms with E-state index in [2.05, 4.69) is 10.9 Å². The topological polar surface area (TPSA) is 120 Å². The van der Waals surface area contributed by atoms with E-state index in [1.165, 1.54) is 19.2 Å². The lowest BCUT2D eigenvalue weighted by Gasteiger charge is -2.15. The minimum absolute atomic E-state index is 0.000466. The zero-order valence-corrected chi connectivity index (χ0v) is 16.6. The summed E-state index contributed by atoms with van der Waals surface area (Å²) in [5.74, 6) is -0.422. The van der Waals surface area contributed by atoms with Gasteiger partial charge in [0, 0.05) is 11.6 Å². The van der Waals surface area contributed by atoms with E-state index < -0.39 is 16.7 Å². The van der Waals surface area contributed by atoms with Gasteiger partial charge in [-0.3, -0.25) is 30.6 Å². The van der Waals surface area contributed by atoms with E-state index in [9.17, 15) is 19.7 Å². The number of nitro benzene ring substituents is 1. The van der Waals surface area contributed by atoms with Gasteiger partial charge < -0.3 is 9.47 Å². The lowest BCUT2D eigenvalue weighted by atomic mass is 10.0. The highest BCUT2D eigenvalue weighted by atomic mass is 16.6. The van der Waals surface area contributed by atoms with Crippen molar-refractivity contribution in [3.8, 4) is 11.5 Å². The third-order valence-corrected chi connectivity index (χ3v) is 4.10. The maximum atomic E-state index is 12.2. The van der Waals surface area contributed by atoms with Crippen molar-refractivity contribution in [2.75, 3.05) is 13.7 Å². The number of nitrogens with zero attached hydrogens (tertiary/aromatic N) is 1. The van der Waals surface area contributed by atoms with E-state index in [4.69, 9.17) is 9.47 Å². The summed E-state index contributed by atoms with van der Waals surface area (Å²) in [6.45, 7) is 5.66. The lowest BCUT2D eigenvalue weighted by Crippen LogP contribution is -2.43. The number of aryl methyl sites for hydroxylation is 1. The van der Waals surface area contributed by atoms with E-state index in [0.29, 0.717) is 5.75 Å². The first kappa shape index (κ1) is 21.7. The number of amides is 2. The molecule has 0 fully saturated rings. The van der Waals surface area contributed by atoms with Crippen LogP contribution in [0.15, 0.2) is 36.4 Å². The van der Waals surface area contributed by atoms with Crippen LogP contribution in [-0.4, -0.2) is 30.5 Å². The Morgan fingerprint density at radius 2 is 1.83 bits per heavy atom. The molecule has 9 nitrogen and oxygen atoms in total. The quantitative estimate of drug-likeness (QED) is 0.544. The number of ether oxygens (including phenoxy) is 2. The summed E-state index contributed by atoms with van der Waals surface area (Å²) in [6, 6.07) is 9.49. The number of rotatable bonds is 7. The summed E-state index contributed by atoms with van der Waals surface area (Å²) in [4.78, 5) is 34.6. The van der Waals surface area contributed by atoms with Gasteiger partial charge in [-0.05, 0) is 42.2 Å². The smallest absolute Gasteiger partial charge is 0.311 e. The molecule has 2 aromatic carbocycles. The van der Waals surface area contributed by atoms with Gasteiger partial charge in [-0.25, -0.2) is 0 Å². The van der Waals surface area contributed by atoms with Gasteiger partial charge in [0.05, 0.1) is 12.0 Å². The zero-order valence-electron chi connectivity index (χ0n) is 16.6. The first-order valence-corrected chi connectivity index (χ1v) is 8.88. The Balaban J connectivity index is 1.96. The molecule has 0 unspecified atom stereocenters. The maximum Gasteiger partial charge on any atom is 0.311 e. The van der Waals surface area contributed by atoms with Crippen LogP contribution in [0.3, 0.4) is 0 Å². The van der Waals surface area contributed by atoms with Crippen LogP contribution >= 0.6 is 0 Å². The summed E-state index contributed by atoms with van der Waals surface area (Å²) in [7, 11) is 1.29. The van der Waals surface area contributed by atoms with Crippen LogP contribution in [0.1, 0.15) is 41.3 Å². The van der Waals surface area contributed by atoms with Crippen molar-refractivity contribution in [2.24, 2.45) is 0 Å². The van der Waals surface area contributed by atoms with Crippen molar-refractivity contribution in [2.45, 2.75) is 26.7 Å². The molecule has 2 rings (SSSR count). The van der Waals surface area contributed by atoms with Crippen LogP contribution in [-0.2, 0) is 4.79 Å². The second-order valence-corrected chi connectivity index (χ2v) is 6.63. The molecule has 0 radical (unpaired) electrons. The Morgan fingerprint density at radius 3 is 2.45 bits per heavy atom. The molecule has 29 heavy (non-hydrogen) atoms. The molecule has 0 heterocycles. The molecule has 0 aliphatic carbocycles. The molecule has 0 atom stereocenters. The Hall–Kier alpha value is -3.62. The van der Waals surface area contributed by atoms with Gasteiger partial charge in [0.2, 0.25) is 0 Å². The van der Waals surface area contributed by atoms with Crippen LogP contribution in [0.2, 0.25) is 0 Å². The highest BCUT2D eigenvalue weighted by Crippen LogP contribution is 2.28. The molecule has 0 aliphatic heterocycles. The van der Waals surface area contributed by atoms with Crippen molar-refractivity contribution in [1.29, 1.82) is 0 Å². The number of carbonyl (C=O) groups is 2. The first-order chi connectivity index (χ1) is 13.7. The highest BCUT2D eigenvalue weighted by molar-refractivity contribution is 5.96. The number of nitrogens with one attached hydrogen (secondary N) is 2. The molecule has 2 aromatic rings. The van der Waals surface area contributed by atoms with Gasteiger partial charge in [0.25, 0.3) is 11.8 Å². The Labute approximate surface area is 168 Å². The minimum Gasteiger partial charge on any atom is -0.490 e. The van der Waals surface area contributed by atoms with Crippen molar-refractivity contribution < 1.29 is 24.0 Å². The monoisotopic (exact) mass is 401 g/mol. The molecule has 154 valence electrons. The molecule has 2 N–H and O–H groups in total.